The van der Waals surface area contributed by atoms with Gasteiger partial charge in [0.2, 0.25) is 5.95 Å². The topological polar surface area (TPSA) is 81.0 Å². The summed E-state index contributed by atoms with van der Waals surface area (Å²) in [6.45, 7) is 0. The second-order valence-electron chi connectivity index (χ2n) is 6.87. The number of aromatic nitrogens is 5. The lowest BCUT2D eigenvalue weighted by atomic mass is 10.2. The van der Waals surface area contributed by atoms with Crippen LogP contribution in [0.5, 0.6) is 5.75 Å². The molecule has 0 bridgehead atoms. The first-order chi connectivity index (χ1) is 12.6. The molecule has 2 atom stereocenters. The Morgan fingerprint density at radius 3 is 2.69 bits per heavy atom. The van der Waals surface area contributed by atoms with E-state index in [0.29, 0.717) is 29.2 Å². The van der Waals surface area contributed by atoms with E-state index >= 15 is 0 Å². The summed E-state index contributed by atoms with van der Waals surface area (Å²) in [5.41, 5.74) is 2.24. The van der Waals surface area contributed by atoms with Crippen molar-refractivity contribution < 1.29 is 4.74 Å². The second-order valence-corrected chi connectivity index (χ2v) is 6.87. The molecule has 1 fully saturated rings. The molecule has 136 valence electrons. The average molecular weight is 353 g/mol. The maximum Gasteiger partial charge on any atom is 0.225 e. The number of nitrogens with zero attached hydrogens (tertiary/aromatic N) is 6. The third-order valence-electron chi connectivity index (χ3n) is 4.98. The number of rotatable bonds is 5. The molecule has 2 heterocycles. The molecular weight excluding hydrogens is 330 g/mol. The maximum atomic E-state index is 5.21. The molecule has 0 amide bonds. The minimum Gasteiger partial charge on any atom is -0.497 e. The molecule has 8 heteroatoms. The predicted octanol–water partition coefficient (Wildman–Crippen LogP) is 2.11. The van der Waals surface area contributed by atoms with Crippen LogP contribution in [0, 0.1) is 0 Å². The third kappa shape index (κ3) is 3.20. The first-order valence-electron chi connectivity index (χ1n) is 8.80. The normalized spacial score (nSPS) is 20.0. The first kappa shape index (κ1) is 16.7. The number of anilines is 1. The number of nitrogens with one attached hydrogen (secondary N) is 1. The molecule has 1 saturated carbocycles. The van der Waals surface area contributed by atoms with Gasteiger partial charge in [0.05, 0.1) is 19.0 Å². The highest BCUT2D eigenvalue weighted by molar-refractivity contribution is 5.72. The molecule has 26 heavy (non-hydrogen) atoms. The fourth-order valence-corrected chi connectivity index (χ4v) is 3.44. The van der Waals surface area contributed by atoms with Gasteiger partial charge in [-0.2, -0.15) is 9.67 Å². The number of hydrogen-bond donors (Lipinski definition) is 1. The molecule has 0 spiro atoms. The van der Waals surface area contributed by atoms with Gasteiger partial charge < -0.3 is 15.0 Å². The van der Waals surface area contributed by atoms with E-state index in [-0.39, 0.29) is 0 Å². The molecule has 1 aliphatic carbocycles. The van der Waals surface area contributed by atoms with Gasteiger partial charge in [-0.15, -0.1) is 5.10 Å². The molecule has 1 aliphatic rings. The fraction of sp³-hybridized carbons (Fsp3) is 0.444. The molecule has 0 aliphatic heterocycles. The molecule has 2 aromatic heterocycles. The molecule has 0 saturated heterocycles. The van der Waals surface area contributed by atoms with Crippen LogP contribution in [-0.2, 0) is 0 Å². The number of fused-ring (bicyclic) bond motifs is 1. The summed E-state index contributed by atoms with van der Waals surface area (Å²) in [5.74, 6) is 1.42. The zero-order valence-electron chi connectivity index (χ0n) is 15.3. The Morgan fingerprint density at radius 1 is 1.19 bits per heavy atom. The van der Waals surface area contributed by atoms with Gasteiger partial charge in [0, 0.05) is 12.1 Å². The van der Waals surface area contributed by atoms with Crippen molar-refractivity contribution in [1.82, 2.24) is 29.9 Å². The third-order valence-corrected chi connectivity index (χ3v) is 4.98. The predicted molar refractivity (Wildman–Crippen MR) is 99.7 cm³/mol. The Kier molecular flexibility index (Phi) is 4.42. The highest BCUT2D eigenvalue weighted by Gasteiger charge is 2.26. The number of ether oxygens (including phenoxy) is 1. The molecular formula is C18H23N7O. The quantitative estimate of drug-likeness (QED) is 0.752. The van der Waals surface area contributed by atoms with Crippen molar-refractivity contribution in [3.05, 3.63) is 30.5 Å². The highest BCUT2D eigenvalue weighted by atomic mass is 16.5. The molecule has 8 nitrogen and oxygen atoms in total. The molecule has 2 unspecified atom stereocenters. The smallest absolute Gasteiger partial charge is 0.225 e. The highest BCUT2D eigenvalue weighted by Crippen LogP contribution is 2.25. The summed E-state index contributed by atoms with van der Waals surface area (Å²) >= 11 is 0. The number of benzene rings is 1. The zero-order chi connectivity index (χ0) is 18.1. The van der Waals surface area contributed by atoms with E-state index in [2.05, 4.69) is 44.6 Å². The Labute approximate surface area is 152 Å². The molecule has 1 aromatic carbocycles. The van der Waals surface area contributed by atoms with Crippen molar-refractivity contribution in [1.29, 1.82) is 0 Å². The lowest BCUT2D eigenvalue weighted by molar-refractivity contribution is 0.297. The summed E-state index contributed by atoms with van der Waals surface area (Å²) in [6.07, 6.45) is 5.14. The Morgan fingerprint density at radius 2 is 2.00 bits per heavy atom. The van der Waals surface area contributed by atoms with E-state index < -0.39 is 0 Å². The lowest BCUT2D eigenvalue weighted by Crippen LogP contribution is -2.27. The van der Waals surface area contributed by atoms with Gasteiger partial charge in [-0.3, -0.25) is 0 Å². The molecule has 0 radical (unpaired) electrons. The Balaban J connectivity index is 1.58. The van der Waals surface area contributed by atoms with E-state index in [0.717, 1.165) is 24.3 Å². The van der Waals surface area contributed by atoms with Gasteiger partial charge >= 0.3 is 0 Å². The lowest BCUT2D eigenvalue weighted by Gasteiger charge is -2.19. The molecule has 3 aromatic rings. The van der Waals surface area contributed by atoms with Gasteiger partial charge in [-0.1, -0.05) is 5.21 Å². The van der Waals surface area contributed by atoms with Crippen molar-refractivity contribution in [2.24, 2.45) is 0 Å². The van der Waals surface area contributed by atoms with Gasteiger partial charge in [0.1, 0.15) is 5.75 Å². The van der Waals surface area contributed by atoms with Gasteiger partial charge in [-0.05, 0) is 57.6 Å². The summed E-state index contributed by atoms with van der Waals surface area (Å²) in [7, 11) is 5.91. The van der Waals surface area contributed by atoms with Crippen LogP contribution in [0.25, 0.3) is 16.9 Å². The minimum absolute atomic E-state index is 0.394. The van der Waals surface area contributed by atoms with Crippen LogP contribution < -0.4 is 10.1 Å². The van der Waals surface area contributed by atoms with Gasteiger partial charge in [0.15, 0.2) is 11.2 Å². The van der Waals surface area contributed by atoms with Gasteiger partial charge in [0.25, 0.3) is 0 Å². The summed E-state index contributed by atoms with van der Waals surface area (Å²) in [6, 6.07) is 8.65. The SMILES string of the molecule is COc1ccc(-n2nnc3cnc(NC4CCC(N(C)C)C4)nc32)cc1. The van der Waals surface area contributed by atoms with Crippen LogP contribution in [-0.4, -0.2) is 63.2 Å². The molecule has 1 N–H and O–H groups in total. The summed E-state index contributed by atoms with van der Waals surface area (Å²) in [4.78, 5) is 11.3. The van der Waals surface area contributed by atoms with Crippen molar-refractivity contribution in [3.8, 4) is 11.4 Å². The van der Waals surface area contributed by atoms with Crippen LogP contribution in [0.3, 0.4) is 0 Å². The van der Waals surface area contributed by atoms with Crippen LogP contribution in [0.2, 0.25) is 0 Å². The van der Waals surface area contributed by atoms with Crippen molar-refractivity contribution in [3.63, 3.8) is 0 Å². The average Bonchev–Trinajstić information content (AvgIpc) is 3.29. The maximum absolute atomic E-state index is 5.21. The van der Waals surface area contributed by atoms with Crippen LogP contribution in [0.4, 0.5) is 5.95 Å². The van der Waals surface area contributed by atoms with Crippen molar-refractivity contribution in [2.75, 3.05) is 26.5 Å². The standard InChI is InChI=1S/C18H23N7O/c1-24(2)14-5-4-12(10-14)20-18-19-11-16-17(21-18)25(23-22-16)13-6-8-15(26-3)9-7-13/h6-9,11-12,14H,4-5,10H2,1-3H3,(H,19,20,21). The monoisotopic (exact) mass is 353 g/mol. The minimum atomic E-state index is 0.394. The second kappa shape index (κ2) is 6.87. The fourth-order valence-electron chi connectivity index (χ4n) is 3.44. The number of hydrogen-bond acceptors (Lipinski definition) is 7. The Hall–Kier alpha value is -2.74. The van der Waals surface area contributed by atoms with Crippen LogP contribution >= 0.6 is 0 Å². The van der Waals surface area contributed by atoms with Gasteiger partial charge in [-0.25, -0.2) is 4.98 Å². The van der Waals surface area contributed by atoms with Crippen molar-refractivity contribution in [2.45, 2.75) is 31.3 Å². The molecule has 4 rings (SSSR count). The zero-order valence-corrected chi connectivity index (χ0v) is 15.3. The van der Waals surface area contributed by atoms with E-state index in [4.69, 9.17) is 4.74 Å². The summed E-state index contributed by atoms with van der Waals surface area (Å²) < 4.78 is 6.93. The number of methoxy groups -OCH3 is 1. The van der Waals surface area contributed by atoms with Crippen LogP contribution in [0.15, 0.2) is 30.5 Å². The largest absolute Gasteiger partial charge is 0.497 e. The van der Waals surface area contributed by atoms with E-state index in [1.54, 1.807) is 18.0 Å². The summed E-state index contributed by atoms with van der Waals surface area (Å²) in [5, 5.41) is 11.9. The van der Waals surface area contributed by atoms with E-state index in [1.807, 2.05) is 24.3 Å². The van der Waals surface area contributed by atoms with E-state index in [1.165, 1.54) is 6.42 Å². The van der Waals surface area contributed by atoms with Crippen molar-refractivity contribution >= 4 is 17.1 Å². The first-order valence-corrected chi connectivity index (χ1v) is 8.80. The van der Waals surface area contributed by atoms with E-state index in [9.17, 15) is 0 Å². The van der Waals surface area contributed by atoms with Crippen LogP contribution in [0.1, 0.15) is 19.3 Å². The Bertz CT molecular complexity index is 890.